The predicted molar refractivity (Wildman–Crippen MR) is 83.1 cm³/mol. The number of aromatic nitrogens is 2. The third kappa shape index (κ3) is 4.82. The molecule has 0 radical (unpaired) electrons. The lowest BCUT2D eigenvalue weighted by molar-refractivity contribution is -0.139. The molecule has 1 aromatic heterocycles. The van der Waals surface area contributed by atoms with Crippen LogP contribution >= 0.6 is 11.8 Å². The summed E-state index contributed by atoms with van der Waals surface area (Å²) in [5.41, 5.74) is 0.584. The van der Waals surface area contributed by atoms with Gasteiger partial charge in [0.1, 0.15) is 11.6 Å². The number of hydrogen-bond donors (Lipinski definition) is 1. The Bertz CT molecular complexity index is 763. The minimum atomic E-state index is -0.481. The topological polar surface area (TPSA) is 81.3 Å². The minimum absolute atomic E-state index is 0.0860. The molecule has 0 atom stereocenters. The van der Waals surface area contributed by atoms with Crippen molar-refractivity contribution in [2.24, 2.45) is 0 Å². The van der Waals surface area contributed by atoms with Crippen molar-refractivity contribution in [1.82, 2.24) is 9.97 Å². The Morgan fingerprint density at radius 2 is 2.13 bits per heavy atom. The van der Waals surface area contributed by atoms with Gasteiger partial charge in [-0.25, -0.2) is 9.37 Å². The fourth-order valence-corrected chi connectivity index (χ4v) is 2.74. The molecule has 2 aromatic rings. The number of ether oxygens (including phenoxy) is 2. The van der Waals surface area contributed by atoms with Crippen molar-refractivity contribution in [3.8, 4) is 5.75 Å². The van der Waals surface area contributed by atoms with E-state index in [1.54, 1.807) is 0 Å². The summed E-state index contributed by atoms with van der Waals surface area (Å²) in [6.07, 6.45) is -0.0860. The van der Waals surface area contributed by atoms with Crippen LogP contribution < -0.4 is 10.3 Å². The smallest absolute Gasteiger partial charge is 0.311 e. The Morgan fingerprint density at radius 3 is 2.83 bits per heavy atom. The summed E-state index contributed by atoms with van der Waals surface area (Å²) in [5.74, 6) is 0.0473. The number of benzene rings is 1. The first-order valence-electron chi connectivity index (χ1n) is 6.64. The Hall–Kier alpha value is -2.35. The zero-order valence-corrected chi connectivity index (χ0v) is 13.4. The maximum absolute atomic E-state index is 13.3. The molecule has 1 aromatic carbocycles. The molecule has 0 saturated heterocycles. The number of thioether (sulfide) groups is 1. The summed E-state index contributed by atoms with van der Waals surface area (Å²) in [5, 5.41) is 0.336. The molecule has 0 aliphatic heterocycles. The van der Waals surface area contributed by atoms with E-state index in [2.05, 4.69) is 14.7 Å². The number of aromatic amines is 1. The number of rotatable bonds is 6. The quantitative estimate of drug-likeness (QED) is 0.492. The van der Waals surface area contributed by atoms with Crippen LogP contribution in [0.1, 0.15) is 11.3 Å². The number of esters is 1. The highest BCUT2D eigenvalue weighted by molar-refractivity contribution is 7.98. The van der Waals surface area contributed by atoms with Crippen LogP contribution in [0.25, 0.3) is 0 Å². The van der Waals surface area contributed by atoms with Crippen molar-refractivity contribution in [2.45, 2.75) is 17.3 Å². The molecular weight excluding hydrogens is 323 g/mol. The monoisotopic (exact) mass is 338 g/mol. The van der Waals surface area contributed by atoms with Crippen LogP contribution in [-0.2, 0) is 21.7 Å². The fourth-order valence-electron chi connectivity index (χ4n) is 1.87. The standard InChI is InChI=1S/C15H15FN2O4S/c1-21-12-4-3-10(16)5-9(12)8-23-15-17-11(6-13(19)18-15)7-14(20)22-2/h3-6H,7-8H2,1-2H3,(H,17,18,19). The van der Waals surface area contributed by atoms with E-state index in [0.717, 1.165) is 0 Å². The van der Waals surface area contributed by atoms with E-state index in [4.69, 9.17) is 4.74 Å². The Balaban J connectivity index is 2.16. The van der Waals surface area contributed by atoms with Crippen LogP contribution in [0.2, 0.25) is 0 Å². The molecule has 0 fully saturated rings. The second-order valence-corrected chi connectivity index (χ2v) is 5.50. The molecule has 23 heavy (non-hydrogen) atoms. The normalized spacial score (nSPS) is 10.4. The first-order valence-corrected chi connectivity index (χ1v) is 7.62. The first kappa shape index (κ1) is 17.0. The third-order valence-electron chi connectivity index (χ3n) is 2.93. The van der Waals surface area contributed by atoms with E-state index < -0.39 is 5.97 Å². The van der Waals surface area contributed by atoms with Gasteiger partial charge in [-0.3, -0.25) is 9.59 Å². The zero-order valence-electron chi connectivity index (χ0n) is 12.6. The Kier molecular flexibility index (Phi) is 5.75. The van der Waals surface area contributed by atoms with Crippen LogP contribution in [0.5, 0.6) is 5.75 Å². The van der Waals surface area contributed by atoms with E-state index in [1.807, 2.05) is 0 Å². The lowest BCUT2D eigenvalue weighted by Gasteiger charge is -2.08. The summed E-state index contributed by atoms with van der Waals surface area (Å²) >= 11 is 1.21. The van der Waals surface area contributed by atoms with Crippen LogP contribution in [0.4, 0.5) is 4.39 Å². The van der Waals surface area contributed by atoms with E-state index in [9.17, 15) is 14.0 Å². The maximum Gasteiger partial charge on any atom is 0.311 e. The lowest BCUT2D eigenvalue weighted by Crippen LogP contribution is -2.13. The zero-order chi connectivity index (χ0) is 16.8. The van der Waals surface area contributed by atoms with Gasteiger partial charge < -0.3 is 14.5 Å². The average molecular weight is 338 g/mol. The number of nitrogens with zero attached hydrogens (tertiary/aromatic N) is 1. The molecule has 0 amide bonds. The number of carbonyl (C=O) groups is 1. The largest absolute Gasteiger partial charge is 0.496 e. The van der Waals surface area contributed by atoms with Crippen molar-refractivity contribution in [3.63, 3.8) is 0 Å². The number of nitrogens with one attached hydrogen (secondary N) is 1. The van der Waals surface area contributed by atoms with Crippen molar-refractivity contribution < 1.29 is 18.7 Å². The van der Waals surface area contributed by atoms with Gasteiger partial charge in [-0.2, -0.15) is 0 Å². The van der Waals surface area contributed by atoms with Gasteiger partial charge >= 0.3 is 5.97 Å². The number of halogens is 1. The summed E-state index contributed by atoms with van der Waals surface area (Å²) in [4.78, 5) is 29.6. The van der Waals surface area contributed by atoms with Gasteiger partial charge in [0.25, 0.3) is 5.56 Å². The minimum Gasteiger partial charge on any atom is -0.496 e. The van der Waals surface area contributed by atoms with Gasteiger partial charge in [0.2, 0.25) is 0 Å². The van der Waals surface area contributed by atoms with E-state index in [1.165, 1.54) is 50.2 Å². The molecule has 0 spiro atoms. The number of H-pyrrole nitrogens is 1. The maximum atomic E-state index is 13.3. The van der Waals surface area contributed by atoms with Gasteiger partial charge in [-0.1, -0.05) is 11.8 Å². The Morgan fingerprint density at radius 1 is 1.35 bits per heavy atom. The summed E-state index contributed by atoms with van der Waals surface area (Å²) in [6, 6.07) is 5.45. The van der Waals surface area contributed by atoms with E-state index >= 15 is 0 Å². The summed E-state index contributed by atoms with van der Waals surface area (Å²) in [6.45, 7) is 0. The number of methoxy groups -OCH3 is 2. The predicted octanol–water partition coefficient (Wildman–Crippen LogP) is 1.93. The highest BCUT2D eigenvalue weighted by Gasteiger charge is 2.10. The molecule has 6 nitrogen and oxygen atoms in total. The first-order chi connectivity index (χ1) is 11.0. The van der Waals surface area contributed by atoms with Gasteiger partial charge in [0.15, 0.2) is 5.16 Å². The second-order valence-electron chi connectivity index (χ2n) is 4.54. The van der Waals surface area contributed by atoms with Crippen LogP contribution in [-0.4, -0.2) is 30.2 Å². The second kappa shape index (κ2) is 7.77. The van der Waals surface area contributed by atoms with Gasteiger partial charge in [-0.15, -0.1) is 0 Å². The van der Waals surface area contributed by atoms with E-state index in [-0.39, 0.29) is 17.8 Å². The summed E-state index contributed by atoms with van der Waals surface area (Å²) < 4.78 is 23.1. The molecule has 1 heterocycles. The molecule has 2 rings (SSSR count). The SMILES string of the molecule is COC(=O)Cc1cc(=O)[nH]c(SCc2cc(F)ccc2OC)n1. The number of hydrogen-bond acceptors (Lipinski definition) is 6. The third-order valence-corrected chi connectivity index (χ3v) is 3.86. The summed E-state index contributed by atoms with van der Waals surface area (Å²) in [7, 11) is 2.76. The molecular formula is C15H15FN2O4S. The highest BCUT2D eigenvalue weighted by Crippen LogP contribution is 2.26. The molecule has 0 saturated carbocycles. The molecule has 1 N–H and O–H groups in total. The van der Waals surface area contributed by atoms with Crippen molar-refractivity contribution in [3.05, 3.63) is 51.7 Å². The lowest BCUT2D eigenvalue weighted by atomic mass is 10.2. The van der Waals surface area contributed by atoms with E-state index in [0.29, 0.717) is 27.9 Å². The fraction of sp³-hybridized carbons (Fsp3) is 0.267. The van der Waals surface area contributed by atoms with Crippen LogP contribution in [0, 0.1) is 5.82 Å². The van der Waals surface area contributed by atoms with Crippen molar-refractivity contribution >= 4 is 17.7 Å². The molecule has 0 aliphatic rings. The van der Waals surface area contributed by atoms with Crippen molar-refractivity contribution in [1.29, 1.82) is 0 Å². The van der Waals surface area contributed by atoms with Gasteiger partial charge in [0.05, 0.1) is 26.3 Å². The van der Waals surface area contributed by atoms with Crippen LogP contribution in [0.15, 0.2) is 34.2 Å². The van der Waals surface area contributed by atoms with Crippen molar-refractivity contribution in [2.75, 3.05) is 14.2 Å². The molecule has 8 heteroatoms. The van der Waals surface area contributed by atoms with Gasteiger partial charge in [0, 0.05) is 17.4 Å². The number of carbonyl (C=O) groups excluding carboxylic acids is 1. The molecule has 0 aliphatic carbocycles. The average Bonchev–Trinajstić information content (AvgIpc) is 2.52. The molecule has 122 valence electrons. The highest BCUT2D eigenvalue weighted by atomic mass is 32.2. The molecule has 0 unspecified atom stereocenters. The van der Waals surface area contributed by atoms with Crippen LogP contribution in [0.3, 0.4) is 0 Å². The van der Waals surface area contributed by atoms with Gasteiger partial charge in [-0.05, 0) is 18.2 Å². The Labute approximate surface area is 136 Å². The molecule has 0 bridgehead atoms.